The van der Waals surface area contributed by atoms with Crippen molar-refractivity contribution in [2.45, 2.75) is 45.1 Å². The third-order valence-corrected chi connectivity index (χ3v) is 2.93. The summed E-state index contributed by atoms with van der Waals surface area (Å²) < 4.78 is 31.6. The van der Waals surface area contributed by atoms with Crippen molar-refractivity contribution in [2.75, 3.05) is 13.1 Å². The Morgan fingerprint density at radius 3 is 2.00 bits per heavy atom. The Hall–Kier alpha value is 0.236. The first-order chi connectivity index (χ1) is 8.54. The van der Waals surface area contributed by atoms with Crippen LogP contribution in [0.4, 0.5) is 13.6 Å². The molecule has 0 unspecified atom stereocenters. The number of rotatable bonds is 2. The number of alkyl halides is 2. The summed E-state index contributed by atoms with van der Waals surface area (Å²) in [6.45, 7) is 5.25. The van der Waals surface area contributed by atoms with E-state index in [1.807, 2.05) is 0 Å². The fraction of sp³-hybridized carbons (Fsp3) is 0.833. The van der Waals surface area contributed by atoms with Crippen molar-refractivity contribution in [2.24, 2.45) is 5.92 Å². The van der Waals surface area contributed by atoms with Crippen LogP contribution in [0, 0.1) is 5.92 Å². The van der Waals surface area contributed by atoms with Gasteiger partial charge in [0.2, 0.25) is 0 Å². The van der Waals surface area contributed by atoms with Gasteiger partial charge in [-0.25, -0.2) is 4.79 Å². The zero-order chi connectivity index (χ0) is 14.8. The molecule has 0 spiro atoms. The minimum atomic E-state index is -3.85. The van der Waals surface area contributed by atoms with E-state index in [0.717, 1.165) is 0 Å². The number of nitrogens with zero attached hydrogens (tertiary/aromatic N) is 1. The van der Waals surface area contributed by atoms with Crippen LogP contribution in [0.3, 0.4) is 0 Å². The molecule has 5 nitrogen and oxygen atoms in total. The molecule has 8 heteroatoms. The van der Waals surface area contributed by atoms with Crippen LogP contribution in [-0.4, -0.2) is 41.6 Å². The molecule has 0 saturated carbocycles. The molecule has 0 radical (unpaired) electrons. The Morgan fingerprint density at radius 2 is 1.65 bits per heavy atom. The molecule has 110 valence electrons. The number of carbonyl (C=O) groups excluding carboxylic acids is 2. The topological polar surface area (TPSA) is 69.7 Å². The van der Waals surface area contributed by atoms with E-state index in [-0.39, 0.29) is 77.3 Å². The Morgan fingerprint density at radius 1 is 1.20 bits per heavy atom. The zero-order valence-electron chi connectivity index (χ0n) is 12.2. The molecule has 0 aromatic heterocycles. The maximum Gasteiger partial charge on any atom is 1.00 e. The van der Waals surface area contributed by atoms with Gasteiger partial charge >= 0.3 is 57.5 Å². The maximum atomic E-state index is 13.2. The minimum Gasteiger partial charge on any atom is -0.544 e. The number of ether oxygens (including phenoxy) is 1. The van der Waals surface area contributed by atoms with Gasteiger partial charge in [0.25, 0.3) is 5.92 Å². The molecular weight excluding hydrogens is 299 g/mol. The van der Waals surface area contributed by atoms with E-state index in [1.54, 1.807) is 20.8 Å². The van der Waals surface area contributed by atoms with E-state index < -0.39 is 29.5 Å². The summed E-state index contributed by atoms with van der Waals surface area (Å²) in [6, 6.07) is 0. The number of aliphatic carboxylic acids is 1. The van der Waals surface area contributed by atoms with Crippen molar-refractivity contribution in [3.05, 3.63) is 0 Å². The summed E-state index contributed by atoms with van der Waals surface area (Å²) in [5, 5.41) is 10.4. The largest absolute Gasteiger partial charge is 1.00 e. The summed E-state index contributed by atoms with van der Waals surface area (Å²) >= 11 is 0. The zero-order valence-corrected chi connectivity index (χ0v) is 15.4. The Labute approximate surface area is 159 Å². The molecule has 0 aromatic carbocycles. The average Bonchev–Trinajstić information content (AvgIpc) is 2.26. The molecule has 0 aromatic rings. The Balaban J connectivity index is 0.00000361. The van der Waals surface area contributed by atoms with Crippen LogP contribution in [-0.2, 0) is 9.53 Å². The molecule has 1 heterocycles. The molecule has 0 bridgehead atoms. The summed E-state index contributed by atoms with van der Waals surface area (Å²) in [7, 11) is 0. The van der Waals surface area contributed by atoms with Crippen molar-refractivity contribution in [3.8, 4) is 0 Å². The Bertz CT molecular complexity index is 363. The van der Waals surface area contributed by atoms with E-state index in [1.165, 1.54) is 4.90 Å². The molecule has 0 aliphatic carbocycles. The second-order valence-electron chi connectivity index (χ2n) is 5.65. The van der Waals surface area contributed by atoms with Gasteiger partial charge in [0.05, 0.1) is 0 Å². The fourth-order valence-electron chi connectivity index (χ4n) is 1.92. The van der Waals surface area contributed by atoms with E-state index in [2.05, 4.69) is 0 Å². The standard InChI is InChI=1S/C12H19F2NO4.K/c1-11(2,3)19-10(18)15-6-4-8(5-7-15)12(13,14)9(16)17;/h8H,4-7H2,1-3H3,(H,16,17);/q;+1/p-1. The number of likely N-dealkylation sites (tertiary alicyclic amines) is 1. The number of carboxylic acid groups (broad SMARTS) is 1. The van der Waals surface area contributed by atoms with Gasteiger partial charge in [-0.3, -0.25) is 0 Å². The summed E-state index contributed by atoms with van der Waals surface area (Å²) in [6.07, 6.45) is -0.733. The van der Waals surface area contributed by atoms with Crippen LogP contribution < -0.4 is 56.5 Å². The summed E-state index contributed by atoms with van der Waals surface area (Å²) in [4.78, 5) is 23.4. The van der Waals surface area contributed by atoms with Gasteiger partial charge in [0.15, 0.2) is 0 Å². The number of carbonyl (C=O) groups is 2. The van der Waals surface area contributed by atoms with E-state index >= 15 is 0 Å². The fourth-order valence-corrected chi connectivity index (χ4v) is 1.92. The first kappa shape index (κ1) is 20.2. The van der Waals surface area contributed by atoms with Gasteiger partial charge in [0, 0.05) is 19.0 Å². The van der Waals surface area contributed by atoms with Crippen LogP contribution >= 0.6 is 0 Å². The molecule has 1 rings (SSSR count). The number of hydrogen-bond acceptors (Lipinski definition) is 4. The summed E-state index contributed by atoms with van der Waals surface area (Å²) in [5.41, 5.74) is -0.650. The average molecular weight is 317 g/mol. The van der Waals surface area contributed by atoms with Gasteiger partial charge in [0.1, 0.15) is 11.6 Å². The molecule has 1 aliphatic rings. The number of piperidine rings is 1. The molecule has 1 saturated heterocycles. The predicted octanol–water partition coefficient (Wildman–Crippen LogP) is -1.98. The van der Waals surface area contributed by atoms with E-state index in [0.29, 0.717) is 0 Å². The van der Waals surface area contributed by atoms with Gasteiger partial charge in [-0.15, -0.1) is 0 Å². The van der Waals surface area contributed by atoms with Crippen LogP contribution in [0.5, 0.6) is 0 Å². The van der Waals surface area contributed by atoms with E-state index in [4.69, 9.17) is 4.74 Å². The second-order valence-corrected chi connectivity index (χ2v) is 5.65. The van der Waals surface area contributed by atoms with Crippen LogP contribution in [0.25, 0.3) is 0 Å². The molecular formula is C12H18F2KNO4. The Kier molecular flexibility index (Phi) is 7.57. The van der Waals surface area contributed by atoms with Crippen molar-refractivity contribution in [1.29, 1.82) is 0 Å². The van der Waals surface area contributed by atoms with Crippen molar-refractivity contribution >= 4 is 12.1 Å². The first-order valence-electron chi connectivity index (χ1n) is 6.11. The van der Waals surface area contributed by atoms with Crippen molar-refractivity contribution < 1.29 is 79.6 Å². The third-order valence-electron chi connectivity index (χ3n) is 2.93. The number of hydrogen-bond donors (Lipinski definition) is 0. The van der Waals surface area contributed by atoms with Crippen LogP contribution in [0.15, 0.2) is 0 Å². The van der Waals surface area contributed by atoms with Crippen molar-refractivity contribution in [3.63, 3.8) is 0 Å². The number of amides is 1. The molecule has 0 atom stereocenters. The number of halogens is 2. The van der Waals surface area contributed by atoms with Crippen molar-refractivity contribution in [1.82, 2.24) is 4.90 Å². The molecule has 0 N–H and O–H groups in total. The number of carboxylic acids is 1. The van der Waals surface area contributed by atoms with Crippen LogP contribution in [0.1, 0.15) is 33.6 Å². The van der Waals surface area contributed by atoms with Crippen LogP contribution in [0.2, 0.25) is 0 Å². The minimum absolute atomic E-state index is 0. The second kappa shape index (κ2) is 7.48. The smallest absolute Gasteiger partial charge is 0.544 e. The van der Waals surface area contributed by atoms with Gasteiger partial charge in [-0.2, -0.15) is 8.78 Å². The van der Waals surface area contributed by atoms with Gasteiger partial charge in [-0.05, 0) is 33.6 Å². The molecule has 1 aliphatic heterocycles. The summed E-state index contributed by atoms with van der Waals surface area (Å²) in [5.74, 6) is -7.50. The monoisotopic (exact) mass is 317 g/mol. The molecule has 20 heavy (non-hydrogen) atoms. The third kappa shape index (κ3) is 5.55. The quantitative estimate of drug-likeness (QED) is 0.554. The van der Waals surface area contributed by atoms with E-state index in [9.17, 15) is 23.5 Å². The first-order valence-corrected chi connectivity index (χ1v) is 6.11. The van der Waals surface area contributed by atoms with Gasteiger partial charge < -0.3 is 19.5 Å². The SMILES string of the molecule is CC(C)(C)OC(=O)N1CCC(C(F)(F)C(=O)[O-])CC1.[K+]. The predicted molar refractivity (Wildman–Crippen MR) is 60.5 cm³/mol. The van der Waals surface area contributed by atoms with Gasteiger partial charge in [-0.1, -0.05) is 0 Å². The normalized spacial score (nSPS) is 17.4. The molecule has 1 amide bonds. The molecule has 1 fully saturated rings. The maximum absolute atomic E-state index is 13.2.